The van der Waals surface area contributed by atoms with Gasteiger partial charge in [0.15, 0.2) is 0 Å². The summed E-state index contributed by atoms with van der Waals surface area (Å²) >= 11 is 0. The van der Waals surface area contributed by atoms with Crippen molar-refractivity contribution in [3.8, 4) is 11.8 Å². The topological polar surface area (TPSA) is 62.9 Å². The Hall–Kier alpha value is -2.32. The van der Waals surface area contributed by atoms with E-state index >= 15 is 0 Å². The second-order valence-electron chi connectivity index (χ2n) is 5.44. The number of nitrogens with zero attached hydrogens (tertiary/aromatic N) is 3. The van der Waals surface area contributed by atoms with Crippen LogP contribution >= 0.6 is 0 Å². The van der Waals surface area contributed by atoms with Crippen LogP contribution in [0.25, 0.3) is 0 Å². The first-order chi connectivity index (χ1) is 10.6. The molecule has 0 saturated carbocycles. The molecule has 116 valence electrons. The van der Waals surface area contributed by atoms with Crippen LogP contribution in [0.3, 0.4) is 0 Å². The fourth-order valence-corrected chi connectivity index (χ4v) is 2.19. The van der Waals surface area contributed by atoms with Crippen LogP contribution in [0.5, 0.6) is 5.75 Å². The summed E-state index contributed by atoms with van der Waals surface area (Å²) in [5, 5.41) is 16.8. The van der Waals surface area contributed by atoms with Gasteiger partial charge in [0.25, 0.3) is 0 Å². The average Bonchev–Trinajstić information content (AvgIpc) is 2.97. The molecule has 0 spiro atoms. The van der Waals surface area contributed by atoms with Gasteiger partial charge >= 0.3 is 0 Å². The van der Waals surface area contributed by atoms with Gasteiger partial charge in [0.2, 0.25) is 0 Å². The van der Waals surface area contributed by atoms with Crippen molar-refractivity contribution in [3.05, 3.63) is 47.8 Å². The second kappa shape index (κ2) is 7.62. The molecule has 2 atom stereocenters. The summed E-state index contributed by atoms with van der Waals surface area (Å²) in [7, 11) is 0. The Balaban J connectivity index is 1.78. The highest BCUT2D eigenvalue weighted by molar-refractivity contribution is 5.42. The standard InChI is InChI=1S/C17H22N4O/c1-13-11-20-21(12-13)15(3)14(2)19-8-9-22-17-7-5-4-6-16(17)10-18/h4-7,11-12,14-15,19H,8-9H2,1-3H3/t14-,15+/m0/s1. The third-order valence-corrected chi connectivity index (χ3v) is 3.70. The molecule has 5 nitrogen and oxygen atoms in total. The predicted octanol–water partition coefficient (Wildman–Crippen LogP) is 2.68. The number of hydrogen-bond donors (Lipinski definition) is 1. The first kappa shape index (κ1) is 16.1. The van der Waals surface area contributed by atoms with Crippen LogP contribution in [-0.4, -0.2) is 29.0 Å². The molecule has 0 radical (unpaired) electrons. The van der Waals surface area contributed by atoms with Gasteiger partial charge in [-0.15, -0.1) is 0 Å². The lowest BCUT2D eigenvalue weighted by Gasteiger charge is -2.22. The number of nitrogens with one attached hydrogen (secondary N) is 1. The zero-order valence-electron chi connectivity index (χ0n) is 13.3. The first-order valence-corrected chi connectivity index (χ1v) is 7.48. The van der Waals surface area contributed by atoms with Gasteiger partial charge < -0.3 is 10.1 Å². The monoisotopic (exact) mass is 298 g/mol. The lowest BCUT2D eigenvalue weighted by Crippen LogP contribution is -2.36. The number of ether oxygens (including phenoxy) is 1. The fourth-order valence-electron chi connectivity index (χ4n) is 2.19. The van der Waals surface area contributed by atoms with E-state index < -0.39 is 0 Å². The molecule has 1 heterocycles. The molecule has 0 saturated heterocycles. The lowest BCUT2D eigenvalue weighted by atomic mass is 10.2. The third-order valence-electron chi connectivity index (χ3n) is 3.70. The van der Waals surface area contributed by atoms with Crippen LogP contribution in [0.15, 0.2) is 36.7 Å². The van der Waals surface area contributed by atoms with Gasteiger partial charge in [0.1, 0.15) is 18.4 Å². The number of aromatic nitrogens is 2. The van der Waals surface area contributed by atoms with Crippen molar-refractivity contribution in [1.82, 2.24) is 15.1 Å². The summed E-state index contributed by atoms with van der Waals surface area (Å²) in [4.78, 5) is 0. The molecular weight excluding hydrogens is 276 g/mol. The third kappa shape index (κ3) is 4.09. The van der Waals surface area contributed by atoms with Gasteiger partial charge in [-0.3, -0.25) is 4.68 Å². The lowest BCUT2D eigenvalue weighted by molar-refractivity contribution is 0.288. The van der Waals surface area contributed by atoms with E-state index in [9.17, 15) is 0 Å². The van der Waals surface area contributed by atoms with Crippen molar-refractivity contribution in [2.75, 3.05) is 13.2 Å². The first-order valence-electron chi connectivity index (χ1n) is 7.48. The highest BCUT2D eigenvalue weighted by Gasteiger charge is 2.14. The molecule has 0 unspecified atom stereocenters. The number of nitriles is 1. The van der Waals surface area contributed by atoms with Gasteiger partial charge in [-0.25, -0.2) is 0 Å². The van der Waals surface area contributed by atoms with Crippen molar-refractivity contribution in [2.45, 2.75) is 32.9 Å². The number of aryl methyl sites for hydroxylation is 1. The molecular formula is C17H22N4O. The Morgan fingerprint density at radius 2 is 2.14 bits per heavy atom. The molecule has 22 heavy (non-hydrogen) atoms. The van der Waals surface area contributed by atoms with E-state index in [1.165, 1.54) is 0 Å². The average molecular weight is 298 g/mol. The highest BCUT2D eigenvalue weighted by Crippen LogP contribution is 2.16. The van der Waals surface area contributed by atoms with E-state index in [-0.39, 0.29) is 12.1 Å². The van der Waals surface area contributed by atoms with Gasteiger partial charge in [-0.1, -0.05) is 12.1 Å². The van der Waals surface area contributed by atoms with Crippen LogP contribution in [0, 0.1) is 18.3 Å². The van der Waals surface area contributed by atoms with Crippen LogP contribution in [0.1, 0.15) is 31.0 Å². The molecule has 1 aromatic heterocycles. The van der Waals surface area contributed by atoms with Crippen molar-refractivity contribution in [3.63, 3.8) is 0 Å². The van der Waals surface area contributed by atoms with E-state index in [2.05, 4.69) is 30.3 Å². The Morgan fingerprint density at radius 3 is 2.82 bits per heavy atom. The molecule has 5 heteroatoms. The van der Waals surface area contributed by atoms with E-state index in [0.29, 0.717) is 24.5 Å². The molecule has 0 bridgehead atoms. The van der Waals surface area contributed by atoms with Crippen LogP contribution in [0.2, 0.25) is 0 Å². The van der Waals surface area contributed by atoms with Crippen molar-refractivity contribution >= 4 is 0 Å². The van der Waals surface area contributed by atoms with E-state index in [1.807, 2.05) is 42.2 Å². The minimum absolute atomic E-state index is 0.264. The Bertz CT molecular complexity index is 644. The second-order valence-corrected chi connectivity index (χ2v) is 5.44. The summed E-state index contributed by atoms with van der Waals surface area (Å²) < 4.78 is 7.63. The normalized spacial score (nSPS) is 13.4. The quantitative estimate of drug-likeness (QED) is 0.798. The molecule has 0 amide bonds. The molecule has 1 N–H and O–H groups in total. The number of para-hydroxylation sites is 1. The SMILES string of the molecule is Cc1cnn([C@H](C)[C@H](C)NCCOc2ccccc2C#N)c1. The maximum Gasteiger partial charge on any atom is 0.137 e. The maximum atomic E-state index is 9.01. The number of hydrogen-bond acceptors (Lipinski definition) is 4. The zero-order chi connectivity index (χ0) is 15.9. The van der Waals surface area contributed by atoms with Crippen LogP contribution in [-0.2, 0) is 0 Å². The molecule has 0 aliphatic rings. The summed E-state index contributed by atoms with van der Waals surface area (Å²) in [6.45, 7) is 7.54. The molecule has 2 aromatic rings. The van der Waals surface area contributed by atoms with Crippen LogP contribution in [0.4, 0.5) is 0 Å². The molecule has 0 aliphatic heterocycles. The van der Waals surface area contributed by atoms with Crippen molar-refractivity contribution < 1.29 is 4.74 Å². The zero-order valence-corrected chi connectivity index (χ0v) is 13.3. The molecule has 0 fully saturated rings. The molecule has 1 aromatic carbocycles. The Labute approximate surface area is 131 Å². The van der Waals surface area contributed by atoms with E-state index in [1.54, 1.807) is 6.07 Å². The largest absolute Gasteiger partial charge is 0.491 e. The summed E-state index contributed by atoms with van der Waals surface area (Å²) in [6, 6.07) is 9.94. The Kier molecular flexibility index (Phi) is 5.56. The van der Waals surface area contributed by atoms with Crippen molar-refractivity contribution in [1.29, 1.82) is 5.26 Å². The minimum atomic E-state index is 0.264. The van der Waals surface area contributed by atoms with E-state index in [4.69, 9.17) is 10.00 Å². The van der Waals surface area contributed by atoms with Gasteiger partial charge in [0, 0.05) is 18.8 Å². The maximum absolute atomic E-state index is 9.01. The van der Waals surface area contributed by atoms with Gasteiger partial charge in [0.05, 0.1) is 17.8 Å². The number of benzene rings is 1. The Morgan fingerprint density at radius 1 is 1.36 bits per heavy atom. The summed E-state index contributed by atoms with van der Waals surface area (Å²) in [6.07, 6.45) is 3.91. The molecule has 2 rings (SSSR count). The summed E-state index contributed by atoms with van der Waals surface area (Å²) in [5.74, 6) is 0.634. The van der Waals surface area contributed by atoms with Crippen molar-refractivity contribution in [2.24, 2.45) is 0 Å². The smallest absolute Gasteiger partial charge is 0.137 e. The molecule has 0 aliphatic carbocycles. The highest BCUT2D eigenvalue weighted by atomic mass is 16.5. The van der Waals surface area contributed by atoms with Gasteiger partial charge in [-0.2, -0.15) is 10.4 Å². The van der Waals surface area contributed by atoms with Crippen LogP contribution < -0.4 is 10.1 Å². The minimum Gasteiger partial charge on any atom is -0.491 e. The van der Waals surface area contributed by atoms with E-state index in [0.717, 1.165) is 5.56 Å². The number of rotatable bonds is 7. The summed E-state index contributed by atoms with van der Waals surface area (Å²) in [5.41, 5.74) is 1.73. The fraction of sp³-hybridized carbons (Fsp3) is 0.412. The predicted molar refractivity (Wildman–Crippen MR) is 85.8 cm³/mol. The van der Waals surface area contributed by atoms with Gasteiger partial charge in [-0.05, 0) is 38.5 Å².